The van der Waals surface area contributed by atoms with Gasteiger partial charge in [0.25, 0.3) is 0 Å². The van der Waals surface area contributed by atoms with Crippen molar-refractivity contribution >= 4 is 16.0 Å². The third-order valence-electron chi connectivity index (χ3n) is 4.39. The topological polar surface area (TPSA) is 79.5 Å². The number of benzene rings is 1. The summed E-state index contributed by atoms with van der Waals surface area (Å²) in [4.78, 5) is 2.33. The van der Waals surface area contributed by atoms with Gasteiger partial charge in [-0.15, -0.1) is 5.10 Å². The van der Waals surface area contributed by atoms with Gasteiger partial charge in [0.05, 0.1) is 4.90 Å². The molecular weight excluding hydrogens is 340 g/mol. The second kappa shape index (κ2) is 6.76. The number of anilines is 1. The van der Waals surface area contributed by atoms with Gasteiger partial charge in [-0.3, -0.25) is 0 Å². The van der Waals surface area contributed by atoms with E-state index in [9.17, 15) is 8.42 Å². The second-order valence-corrected chi connectivity index (χ2v) is 8.64. The van der Waals surface area contributed by atoms with Crippen LogP contribution in [0.15, 0.2) is 27.5 Å². The van der Waals surface area contributed by atoms with Crippen molar-refractivity contribution in [3.05, 3.63) is 35.2 Å². The van der Waals surface area contributed by atoms with Crippen molar-refractivity contribution in [2.45, 2.75) is 38.5 Å². The molecule has 8 heteroatoms. The van der Waals surface area contributed by atoms with Gasteiger partial charge in [-0.05, 0) is 31.0 Å². The van der Waals surface area contributed by atoms with Crippen LogP contribution in [0.1, 0.15) is 36.8 Å². The molecule has 0 aliphatic carbocycles. The number of piperazine rings is 1. The molecule has 1 fully saturated rings. The zero-order valence-electron chi connectivity index (χ0n) is 15.1. The van der Waals surface area contributed by atoms with Crippen molar-refractivity contribution in [1.29, 1.82) is 0 Å². The molecule has 1 aliphatic rings. The Morgan fingerprint density at radius 3 is 2.36 bits per heavy atom. The Morgan fingerprint density at radius 1 is 1.08 bits per heavy atom. The number of nitrogens with zero attached hydrogens (tertiary/aromatic N) is 4. The monoisotopic (exact) mass is 364 g/mol. The molecule has 2 heterocycles. The molecule has 25 heavy (non-hydrogen) atoms. The van der Waals surface area contributed by atoms with E-state index in [1.165, 1.54) is 4.31 Å². The highest BCUT2D eigenvalue weighted by Gasteiger charge is 2.31. The Balaban J connectivity index is 1.74. The zero-order chi connectivity index (χ0) is 18.2. The lowest BCUT2D eigenvalue weighted by molar-refractivity contribution is 0.367. The van der Waals surface area contributed by atoms with Crippen LogP contribution in [0, 0.1) is 13.8 Å². The van der Waals surface area contributed by atoms with Gasteiger partial charge in [0, 0.05) is 32.1 Å². The van der Waals surface area contributed by atoms with Crippen molar-refractivity contribution in [2.24, 2.45) is 0 Å². The summed E-state index contributed by atoms with van der Waals surface area (Å²) in [5.74, 6) is 0.771. The third-order valence-corrected chi connectivity index (χ3v) is 6.44. The lowest BCUT2D eigenvalue weighted by Gasteiger charge is -2.33. The standard InChI is InChI=1S/C17H24N4O3S/c1-12(2)16-18-19-17(24-16)20-7-9-21(10-8-20)25(22,23)15-11-13(3)5-6-14(15)4/h5-6,11-12H,7-10H2,1-4H3. The molecule has 1 aromatic heterocycles. The molecular formula is C17H24N4O3S. The van der Waals surface area contributed by atoms with E-state index in [1.54, 1.807) is 6.07 Å². The number of rotatable bonds is 4. The Labute approximate surface area is 148 Å². The normalized spacial score (nSPS) is 16.6. The van der Waals surface area contributed by atoms with Gasteiger partial charge in [0.2, 0.25) is 15.9 Å². The van der Waals surface area contributed by atoms with Crippen LogP contribution < -0.4 is 4.90 Å². The van der Waals surface area contributed by atoms with Crippen LogP contribution in [0.4, 0.5) is 6.01 Å². The Kier molecular flexibility index (Phi) is 4.83. The SMILES string of the molecule is Cc1ccc(C)c(S(=O)(=O)N2CCN(c3nnc(C(C)C)o3)CC2)c1. The molecule has 0 atom stereocenters. The van der Waals surface area contributed by atoms with Gasteiger partial charge in [-0.1, -0.05) is 31.1 Å². The van der Waals surface area contributed by atoms with E-state index in [-0.39, 0.29) is 5.92 Å². The minimum Gasteiger partial charge on any atom is -0.408 e. The highest BCUT2D eigenvalue weighted by atomic mass is 32.2. The maximum Gasteiger partial charge on any atom is 0.318 e. The molecule has 3 rings (SSSR count). The summed E-state index contributed by atoms with van der Waals surface area (Å²) in [6.45, 7) is 9.57. The molecule has 2 aromatic rings. The van der Waals surface area contributed by atoms with E-state index in [2.05, 4.69) is 10.2 Å². The molecule has 0 radical (unpaired) electrons. The fourth-order valence-electron chi connectivity index (χ4n) is 2.83. The Bertz CT molecular complexity index is 853. The van der Waals surface area contributed by atoms with Crippen LogP contribution in [0.3, 0.4) is 0 Å². The molecule has 0 bridgehead atoms. The fraction of sp³-hybridized carbons (Fsp3) is 0.529. The van der Waals surface area contributed by atoms with Gasteiger partial charge in [0.1, 0.15) is 0 Å². The summed E-state index contributed by atoms with van der Waals surface area (Å²) in [6.07, 6.45) is 0. The first-order valence-electron chi connectivity index (χ1n) is 8.45. The van der Waals surface area contributed by atoms with Gasteiger partial charge in [0.15, 0.2) is 0 Å². The molecule has 0 spiro atoms. The molecule has 136 valence electrons. The van der Waals surface area contributed by atoms with Crippen LogP contribution in [0.2, 0.25) is 0 Å². The number of aromatic nitrogens is 2. The average molecular weight is 364 g/mol. The number of aryl methyl sites for hydroxylation is 2. The van der Waals surface area contributed by atoms with Crippen molar-refractivity contribution < 1.29 is 12.8 Å². The molecule has 0 amide bonds. The predicted octanol–water partition coefficient (Wildman–Crippen LogP) is 2.32. The fourth-order valence-corrected chi connectivity index (χ4v) is 4.56. The summed E-state index contributed by atoms with van der Waals surface area (Å²) in [5.41, 5.74) is 1.71. The van der Waals surface area contributed by atoms with Crippen LogP contribution in [-0.2, 0) is 10.0 Å². The van der Waals surface area contributed by atoms with E-state index < -0.39 is 10.0 Å². The highest BCUT2D eigenvalue weighted by molar-refractivity contribution is 7.89. The van der Waals surface area contributed by atoms with Gasteiger partial charge >= 0.3 is 6.01 Å². The van der Waals surface area contributed by atoms with Gasteiger partial charge in [-0.25, -0.2) is 8.42 Å². The van der Waals surface area contributed by atoms with E-state index in [1.807, 2.05) is 44.7 Å². The lowest BCUT2D eigenvalue weighted by atomic mass is 10.2. The molecule has 0 saturated carbocycles. The lowest BCUT2D eigenvalue weighted by Crippen LogP contribution is -2.48. The van der Waals surface area contributed by atoms with Crippen LogP contribution in [0.5, 0.6) is 0 Å². The largest absolute Gasteiger partial charge is 0.408 e. The third kappa shape index (κ3) is 3.55. The first-order chi connectivity index (χ1) is 11.8. The summed E-state index contributed by atoms with van der Waals surface area (Å²) >= 11 is 0. The van der Waals surface area contributed by atoms with Crippen molar-refractivity contribution in [3.63, 3.8) is 0 Å². The first kappa shape index (κ1) is 17.9. The van der Waals surface area contributed by atoms with E-state index in [4.69, 9.17) is 4.42 Å². The smallest absolute Gasteiger partial charge is 0.318 e. The summed E-state index contributed by atoms with van der Waals surface area (Å²) in [7, 11) is -3.49. The maximum absolute atomic E-state index is 13.0. The number of hydrogen-bond acceptors (Lipinski definition) is 6. The molecule has 1 aliphatic heterocycles. The van der Waals surface area contributed by atoms with Crippen molar-refractivity contribution in [1.82, 2.24) is 14.5 Å². The van der Waals surface area contributed by atoms with Crippen molar-refractivity contribution in [2.75, 3.05) is 31.1 Å². The minimum atomic E-state index is -3.49. The van der Waals surface area contributed by atoms with Crippen molar-refractivity contribution in [3.8, 4) is 0 Å². The molecule has 7 nitrogen and oxygen atoms in total. The van der Waals surface area contributed by atoms with Gasteiger partial charge in [-0.2, -0.15) is 4.31 Å². The highest BCUT2D eigenvalue weighted by Crippen LogP contribution is 2.24. The second-order valence-electron chi connectivity index (χ2n) is 6.74. The zero-order valence-corrected chi connectivity index (χ0v) is 15.9. The van der Waals surface area contributed by atoms with E-state index in [0.717, 1.165) is 11.1 Å². The van der Waals surface area contributed by atoms with Gasteiger partial charge < -0.3 is 9.32 Å². The number of sulfonamides is 1. The van der Waals surface area contributed by atoms with E-state index >= 15 is 0 Å². The Hall–Kier alpha value is -1.93. The van der Waals surface area contributed by atoms with Crippen LogP contribution in [0.25, 0.3) is 0 Å². The van der Waals surface area contributed by atoms with Crippen LogP contribution in [-0.4, -0.2) is 49.1 Å². The molecule has 0 N–H and O–H groups in total. The predicted molar refractivity (Wildman–Crippen MR) is 95.3 cm³/mol. The van der Waals surface area contributed by atoms with Crippen LogP contribution >= 0.6 is 0 Å². The molecule has 1 saturated heterocycles. The minimum absolute atomic E-state index is 0.173. The maximum atomic E-state index is 13.0. The average Bonchev–Trinajstić information content (AvgIpc) is 3.07. The molecule has 0 unspecified atom stereocenters. The number of hydrogen-bond donors (Lipinski definition) is 0. The Morgan fingerprint density at radius 2 is 1.76 bits per heavy atom. The summed E-state index contributed by atoms with van der Waals surface area (Å²) in [5, 5.41) is 8.11. The first-order valence-corrected chi connectivity index (χ1v) is 9.89. The summed E-state index contributed by atoms with van der Waals surface area (Å²) < 4.78 is 33.1. The molecule has 1 aromatic carbocycles. The summed E-state index contributed by atoms with van der Waals surface area (Å²) in [6, 6.07) is 5.98. The van der Waals surface area contributed by atoms with E-state index in [0.29, 0.717) is 43.0 Å². The quantitative estimate of drug-likeness (QED) is 0.828.